The highest BCUT2D eigenvalue weighted by Gasteiger charge is 2.12. The average molecular weight is 322 g/mol. The van der Waals surface area contributed by atoms with Crippen LogP contribution in [0.4, 0.5) is 10.5 Å². The largest absolute Gasteiger partial charge is 0.508 e. The molecule has 0 aliphatic rings. The Bertz CT molecular complexity index is 940. The van der Waals surface area contributed by atoms with Crippen LogP contribution in [0.1, 0.15) is 15.9 Å². The second-order valence-electron chi connectivity index (χ2n) is 5.17. The van der Waals surface area contributed by atoms with E-state index in [0.717, 1.165) is 0 Å². The number of aryl methyl sites for hydroxylation is 1. The molecule has 0 unspecified atom stereocenters. The molecule has 0 saturated carbocycles. The maximum absolute atomic E-state index is 12.1. The minimum absolute atomic E-state index is 0.0623. The van der Waals surface area contributed by atoms with Gasteiger partial charge in [-0.1, -0.05) is 6.07 Å². The molecule has 3 amide bonds. The van der Waals surface area contributed by atoms with E-state index in [9.17, 15) is 14.7 Å². The number of urea groups is 1. The molecular weight excluding hydrogens is 308 g/mol. The summed E-state index contributed by atoms with van der Waals surface area (Å²) in [7, 11) is 0. The first kappa shape index (κ1) is 15.4. The Hall–Kier alpha value is -3.48. The first-order valence-corrected chi connectivity index (χ1v) is 7.15. The van der Waals surface area contributed by atoms with Crippen LogP contribution < -0.4 is 10.6 Å². The molecule has 3 N–H and O–H groups in total. The summed E-state index contributed by atoms with van der Waals surface area (Å²) in [5, 5.41) is 14.3. The number of hydrogen-bond donors (Lipinski definition) is 3. The predicted octanol–water partition coefficient (Wildman–Crippen LogP) is 2.61. The number of nitrogens with one attached hydrogen (secondary N) is 2. The van der Waals surface area contributed by atoms with Crippen molar-refractivity contribution in [1.29, 1.82) is 0 Å². The molecule has 1 heterocycles. The number of carbonyl (C=O) groups excluding carboxylic acids is 2. The number of imide groups is 1. The highest BCUT2D eigenvalue weighted by Crippen LogP contribution is 2.20. The third-order valence-corrected chi connectivity index (χ3v) is 3.43. The zero-order valence-corrected chi connectivity index (χ0v) is 12.8. The molecule has 3 rings (SSSR count). The molecule has 0 radical (unpaired) electrons. The lowest BCUT2D eigenvalue weighted by molar-refractivity contribution is 0.0967. The number of anilines is 1. The smallest absolute Gasteiger partial charge is 0.326 e. The van der Waals surface area contributed by atoms with Gasteiger partial charge in [0.05, 0.1) is 11.0 Å². The number of nitrogens with zero attached hydrogens (tertiary/aromatic N) is 2. The summed E-state index contributed by atoms with van der Waals surface area (Å²) in [5.74, 6) is -0.497. The van der Waals surface area contributed by atoms with Crippen LogP contribution in [0.3, 0.4) is 0 Å². The van der Waals surface area contributed by atoms with E-state index in [1.165, 1.54) is 12.3 Å². The van der Waals surface area contributed by atoms with Crippen molar-refractivity contribution in [2.75, 3.05) is 5.32 Å². The van der Waals surface area contributed by atoms with Crippen molar-refractivity contribution >= 4 is 28.7 Å². The van der Waals surface area contributed by atoms with Crippen molar-refractivity contribution < 1.29 is 14.7 Å². The Labute approximate surface area is 137 Å². The number of carbonyl (C=O) groups is 2. The van der Waals surface area contributed by atoms with Crippen LogP contribution in [-0.4, -0.2) is 27.0 Å². The van der Waals surface area contributed by atoms with Crippen molar-refractivity contribution in [2.45, 2.75) is 6.92 Å². The summed E-state index contributed by atoms with van der Waals surface area (Å²) >= 11 is 0. The number of phenolic OH excluding ortho intramolecular Hbond substituents is 1. The summed E-state index contributed by atoms with van der Waals surface area (Å²) in [6.45, 7) is 1.74. The molecule has 0 atom stereocenters. The SMILES string of the molecule is Cc1ccc(NC(=O)NC(=O)c2ccc3nccnc3c2)cc1O. The lowest BCUT2D eigenvalue weighted by Gasteiger charge is -2.08. The number of benzene rings is 2. The molecule has 24 heavy (non-hydrogen) atoms. The van der Waals surface area contributed by atoms with Gasteiger partial charge in [-0.15, -0.1) is 0 Å². The number of aromatic hydroxyl groups is 1. The van der Waals surface area contributed by atoms with Gasteiger partial charge < -0.3 is 10.4 Å². The number of phenols is 1. The van der Waals surface area contributed by atoms with Gasteiger partial charge in [-0.3, -0.25) is 20.1 Å². The van der Waals surface area contributed by atoms with Crippen molar-refractivity contribution in [3.63, 3.8) is 0 Å². The van der Waals surface area contributed by atoms with E-state index >= 15 is 0 Å². The molecule has 0 bridgehead atoms. The lowest BCUT2D eigenvalue weighted by Crippen LogP contribution is -2.34. The number of rotatable bonds is 2. The fraction of sp³-hybridized carbons (Fsp3) is 0.0588. The summed E-state index contributed by atoms with van der Waals surface area (Å²) < 4.78 is 0. The van der Waals surface area contributed by atoms with Crippen LogP contribution in [-0.2, 0) is 0 Å². The average Bonchev–Trinajstić information content (AvgIpc) is 2.57. The zero-order chi connectivity index (χ0) is 17.1. The second kappa shape index (κ2) is 6.33. The molecule has 0 saturated heterocycles. The molecule has 0 spiro atoms. The van der Waals surface area contributed by atoms with Crippen LogP contribution in [0.5, 0.6) is 5.75 Å². The van der Waals surface area contributed by atoms with Crippen LogP contribution in [0.2, 0.25) is 0 Å². The molecule has 1 aromatic heterocycles. The Morgan fingerprint density at radius 3 is 2.50 bits per heavy atom. The quantitative estimate of drug-likeness (QED) is 0.673. The Balaban J connectivity index is 1.70. The highest BCUT2D eigenvalue weighted by molar-refractivity contribution is 6.08. The van der Waals surface area contributed by atoms with Gasteiger partial charge in [-0.25, -0.2) is 4.79 Å². The van der Waals surface area contributed by atoms with E-state index in [1.807, 2.05) is 0 Å². The molecule has 7 heteroatoms. The van der Waals surface area contributed by atoms with E-state index in [1.54, 1.807) is 43.5 Å². The highest BCUT2D eigenvalue weighted by atomic mass is 16.3. The fourth-order valence-corrected chi connectivity index (χ4v) is 2.13. The molecule has 0 fully saturated rings. The maximum Gasteiger partial charge on any atom is 0.326 e. The van der Waals surface area contributed by atoms with E-state index in [4.69, 9.17) is 0 Å². The van der Waals surface area contributed by atoms with E-state index in [-0.39, 0.29) is 5.75 Å². The fourth-order valence-electron chi connectivity index (χ4n) is 2.13. The topological polar surface area (TPSA) is 104 Å². The lowest BCUT2D eigenvalue weighted by atomic mass is 10.2. The van der Waals surface area contributed by atoms with Gasteiger partial charge in [0.25, 0.3) is 5.91 Å². The first-order valence-electron chi connectivity index (χ1n) is 7.15. The molecule has 2 aromatic carbocycles. The van der Waals surface area contributed by atoms with Crippen LogP contribution in [0, 0.1) is 6.92 Å². The number of aromatic nitrogens is 2. The van der Waals surface area contributed by atoms with E-state index in [0.29, 0.717) is 27.8 Å². The van der Waals surface area contributed by atoms with Gasteiger partial charge in [0, 0.05) is 29.7 Å². The van der Waals surface area contributed by atoms with Crippen LogP contribution in [0.15, 0.2) is 48.8 Å². The Morgan fingerprint density at radius 2 is 1.75 bits per heavy atom. The van der Waals surface area contributed by atoms with Gasteiger partial charge in [0.2, 0.25) is 0 Å². The Kier molecular flexibility index (Phi) is 4.07. The molecule has 120 valence electrons. The molecule has 0 aliphatic carbocycles. The van der Waals surface area contributed by atoms with E-state index < -0.39 is 11.9 Å². The number of fused-ring (bicyclic) bond motifs is 1. The van der Waals surface area contributed by atoms with Gasteiger partial charge in [-0.2, -0.15) is 0 Å². The van der Waals surface area contributed by atoms with Gasteiger partial charge in [0.1, 0.15) is 5.75 Å². The summed E-state index contributed by atoms with van der Waals surface area (Å²) in [5.41, 5.74) is 2.59. The molecule has 0 aliphatic heterocycles. The number of amides is 3. The van der Waals surface area contributed by atoms with Crippen molar-refractivity contribution in [3.8, 4) is 5.75 Å². The summed E-state index contributed by atoms with van der Waals surface area (Å²) in [6.07, 6.45) is 3.09. The predicted molar refractivity (Wildman–Crippen MR) is 88.9 cm³/mol. The van der Waals surface area contributed by atoms with Crippen molar-refractivity contribution in [2.24, 2.45) is 0 Å². The third-order valence-electron chi connectivity index (χ3n) is 3.43. The molecule has 7 nitrogen and oxygen atoms in total. The van der Waals surface area contributed by atoms with Crippen LogP contribution >= 0.6 is 0 Å². The van der Waals surface area contributed by atoms with Gasteiger partial charge >= 0.3 is 6.03 Å². The minimum atomic E-state index is -0.692. The van der Waals surface area contributed by atoms with Crippen LogP contribution in [0.25, 0.3) is 11.0 Å². The van der Waals surface area contributed by atoms with Crippen molar-refractivity contribution in [1.82, 2.24) is 15.3 Å². The molecule has 3 aromatic rings. The van der Waals surface area contributed by atoms with Gasteiger partial charge in [-0.05, 0) is 36.8 Å². The monoisotopic (exact) mass is 322 g/mol. The number of hydrogen-bond acceptors (Lipinski definition) is 5. The summed E-state index contributed by atoms with van der Waals surface area (Å²) in [6, 6.07) is 8.79. The zero-order valence-electron chi connectivity index (χ0n) is 12.8. The first-order chi connectivity index (χ1) is 11.5. The molecular formula is C17H14N4O3. The third kappa shape index (κ3) is 3.30. The second-order valence-corrected chi connectivity index (χ2v) is 5.17. The normalized spacial score (nSPS) is 10.4. The standard InChI is InChI=1S/C17H14N4O3/c1-10-2-4-12(9-15(10)22)20-17(24)21-16(23)11-3-5-13-14(8-11)19-7-6-18-13/h2-9,22H,1H3,(H2,20,21,23,24). The maximum atomic E-state index is 12.1. The van der Waals surface area contributed by atoms with Gasteiger partial charge in [0.15, 0.2) is 0 Å². The Morgan fingerprint density at radius 1 is 1.00 bits per heavy atom. The summed E-state index contributed by atoms with van der Waals surface area (Å²) in [4.78, 5) is 32.3. The minimum Gasteiger partial charge on any atom is -0.508 e. The van der Waals surface area contributed by atoms with E-state index in [2.05, 4.69) is 20.6 Å². The van der Waals surface area contributed by atoms with Crippen molar-refractivity contribution in [3.05, 3.63) is 59.9 Å².